The molecule has 0 bridgehead atoms. The van der Waals surface area contributed by atoms with Gasteiger partial charge in [-0.05, 0) is 0 Å². The van der Waals surface area contributed by atoms with Gasteiger partial charge in [0.25, 0.3) is 5.91 Å². The Bertz CT molecular complexity index is 478. The molecule has 0 saturated carbocycles. The van der Waals surface area contributed by atoms with E-state index in [1.54, 1.807) is 0 Å². The molecule has 1 saturated heterocycles. The van der Waals surface area contributed by atoms with Crippen LogP contribution in [0.1, 0.15) is 10.7 Å². The number of hydrogen-bond acceptors (Lipinski definition) is 5. The minimum Gasteiger partial charge on any atom is -0.366 e. The Kier molecular flexibility index (Phi) is 6.39. The third kappa shape index (κ3) is 4.80. The van der Waals surface area contributed by atoms with E-state index in [1.807, 2.05) is 0 Å². The molecule has 0 aromatic carbocycles. The quantitative estimate of drug-likeness (QED) is 0.902. The Balaban J connectivity index is 0.00000220. The summed E-state index contributed by atoms with van der Waals surface area (Å²) in [6.45, 7) is 1.59. The smallest absolute Gasteiger partial charge is 0.366 e. The maximum atomic E-state index is 12.4. The third-order valence-corrected chi connectivity index (χ3v) is 3.63. The van der Waals surface area contributed by atoms with E-state index >= 15 is 0 Å². The highest BCUT2D eigenvalue weighted by molar-refractivity contribution is 7.09. The molecule has 1 fully saturated rings. The van der Waals surface area contributed by atoms with Crippen molar-refractivity contribution in [2.45, 2.75) is 18.8 Å². The zero-order chi connectivity index (χ0) is 14.8. The molecule has 1 unspecified atom stereocenters. The van der Waals surface area contributed by atoms with Crippen LogP contribution < -0.4 is 5.32 Å². The molecule has 2 heterocycles. The number of nitrogens with zero attached hydrogens (tertiary/aromatic N) is 2. The second-order valence-corrected chi connectivity index (χ2v) is 5.32. The highest BCUT2D eigenvalue weighted by Gasteiger charge is 2.34. The summed E-state index contributed by atoms with van der Waals surface area (Å²) in [4.78, 5) is 16.8. The number of likely N-dealkylation sites (N-methyl/N-ethyl adjacent to an activating group) is 1. The average molecular weight is 346 g/mol. The van der Waals surface area contributed by atoms with Gasteiger partial charge in [-0.15, -0.1) is 23.7 Å². The van der Waals surface area contributed by atoms with E-state index in [4.69, 9.17) is 4.74 Å². The fraction of sp³-hybridized carbons (Fsp3) is 0.636. The molecular formula is C11H15ClF3N3O2S. The summed E-state index contributed by atoms with van der Waals surface area (Å²) < 4.78 is 42.6. The summed E-state index contributed by atoms with van der Waals surface area (Å²) >= 11 is 0.887. The molecule has 1 N–H and O–H groups in total. The fourth-order valence-electron chi connectivity index (χ4n) is 1.76. The van der Waals surface area contributed by atoms with E-state index < -0.39 is 18.0 Å². The van der Waals surface area contributed by atoms with E-state index in [9.17, 15) is 18.0 Å². The summed E-state index contributed by atoms with van der Waals surface area (Å²) in [7, 11) is 1.52. The minimum absolute atomic E-state index is 0. The molecule has 0 aliphatic carbocycles. The molecule has 120 valence electrons. The number of aromatic nitrogens is 1. The van der Waals surface area contributed by atoms with Crippen LogP contribution in [0.5, 0.6) is 0 Å². The number of nitrogens with one attached hydrogen (secondary N) is 1. The van der Waals surface area contributed by atoms with Crippen LogP contribution in [-0.4, -0.2) is 48.6 Å². The lowest BCUT2D eigenvalue weighted by Crippen LogP contribution is -2.48. The summed E-state index contributed by atoms with van der Waals surface area (Å²) in [6, 6.07) is 0. The first kappa shape index (κ1) is 18.1. The third-order valence-electron chi connectivity index (χ3n) is 2.79. The molecule has 1 aliphatic heterocycles. The monoisotopic (exact) mass is 345 g/mol. The lowest BCUT2D eigenvalue weighted by atomic mass is 10.2. The number of morpholine rings is 1. The van der Waals surface area contributed by atoms with Crippen LogP contribution in [0.3, 0.4) is 0 Å². The maximum absolute atomic E-state index is 12.4. The van der Waals surface area contributed by atoms with Crippen molar-refractivity contribution in [1.29, 1.82) is 0 Å². The van der Waals surface area contributed by atoms with Gasteiger partial charge in [-0.25, -0.2) is 4.98 Å². The van der Waals surface area contributed by atoms with E-state index in [0.29, 0.717) is 19.7 Å². The highest BCUT2D eigenvalue weighted by Crippen LogP contribution is 2.30. The molecule has 10 heteroatoms. The van der Waals surface area contributed by atoms with E-state index in [0.717, 1.165) is 16.7 Å². The molecule has 0 spiro atoms. The van der Waals surface area contributed by atoms with Gasteiger partial charge in [-0.1, -0.05) is 0 Å². The van der Waals surface area contributed by atoms with Crippen molar-refractivity contribution in [3.63, 3.8) is 0 Å². The molecule has 0 radical (unpaired) electrons. The van der Waals surface area contributed by atoms with E-state index in [-0.39, 0.29) is 29.9 Å². The number of thiazole rings is 1. The maximum Gasteiger partial charge on any atom is 0.434 e. The number of hydrogen-bond donors (Lipinski definition) is 1. The van der Waals surface area contributed by atoms with Crippen LogP contribution in [0, 0.1) is 0 Å². The van der Waals surface area contributed by atoms with Gasteiger partial charge in [0, 0.05) is 25.5 Å². The van der Waals surface area contributed by atoms with Crippen LogP contribution in [0.25, 0.3) is 0 Å². The zero-order valence-corrected chi connectivity index (χ0v) is 12.8. The molecule has 1 aromatic rings. The lowest BCUT2D eigenvalue weighted by molar-refractivity contribution is -0.144. The van der Waals surface area contributed by atoms with Crippen molar-refractivity contribution in [1.82, 2.24) is 15.2 Å². The van der Waals surface area contributed by atoms with Gasteiger partial charge in [-0.3, -0.25) is 4.79 Å². The number of carbonyl (C=O) groups is 1. The van der Waals surface area contributed by atoms with E-state index in [2.05, 4.69) is 10.3 Å². The second-order valence-electron chi connectivity index (χ2n) is 4.38. The average Bonchev–Trinajstić information content (AvgIpc) is 2.87. The van der Waals surface area contributed by atoms with Crippen LogP contribution in [-0.2, 0) is 22.3 Å². The largest absolute Gasteiger partial charge is 0.434 e. The predicted molar refractivity (Wildman–Crippen MR) is 73.4 cm³/mol. The summed E-state index contributed by atoms with van der Waals surface area (Å²) in [5.74, 6) is -0.263. The number of rotatable bonds is 3. The first-order valence-electron chi connectivity index (χ1n) is 5.97. The first-order valence-corrected chi connectivity index (χ1v) is 6.85. The fourth-order valence-corrected chi connectivity index (χ4v) is 2.62. The van der Waals surface area contributed by atoms with Gasteiger partial charge in [0.15, 0.2) is 5.69 Å². The van der Waals surface area contributed by atoms with Gasteiger partial charge < -0.3 is 15.0 Å². The second kappa shape index (κ2) is 7.39. The van der Waals surface area contributed by atoms with Crippen molar-refractivity contribution in [3.05, 3.63) is 16.1 Å². The Hall–Kier alpha value is -0.900. The minimum atomic E-state index is -4.45. The molecular weight excluding hydrogens is 331 g/mol. The van der Waals surface area contributed by atoms with Crippen LogP contribution in [0.15, 0.2) is 5.38 Å². The molecule has 1 aliphatic rings. The molecule has 1 aromatic heterocycles. The van der Waals surface area contributed by atoms with Crippen molar-refractivity contribution in [3.8, 4) is 0 Å². The van der Waals surface area contributed by atoms with Gasteiger partial charge in [0.2, 0.25) is 0 Å². The molecule has 1 atom stereocenters. The van der Waals surface area contributed by atoms with Crippen molar-refractivity contribution in [2.75, 3.05) is 26.7 Å². The standard InChI is InChI=1S/C11H14F3N3O2S.ClH/c1-17(10(18)7-4-15-2-3-19-7)5-9-16-8(6-20-9)11(12,13)14;/h6-7,15H,2-5H2,1H3;1H. The van der Waals surface area contributed by atoms with Gasteiger partial charge in [-0.2, -0.15) is 13.2 Å². The SMILES string of the molecule is CN(Cc1nc(C(F)(F)F)cs1)C(=O)C1CNCCO1.Cl. The number of alkyl halides is 3. The predicted octanol–water partition coefficient (Wildman–Crippen LogP) is 1.53. The normalized spacial score (nSPS) is 19.0. The van der Waals surface area contributed by atoms with Gasteiger partial charge in [0.1, 0.15) is 11.1 Å². The number of ether oxygens (including phenoxy) is 1. The van der Waals surface area contributed by atoms with Crippen molar-refractivity contribution < 1.29 is 22.7 Å². The van der Waals surface area contributed by atoms with Crippen molar-refractivity contribution in [2.24, 2.45) is 0 Å². The Morgan fingerprint density at radius 2 is 2.33 bits per heavy atom. The highest BCUT2D eigenvalue weighted by atomic mass is 35.5. The summed E-state index contributed by atoms with van der Waals surface area (Å²) in [5, 5.41) is 4.22. The zero-order valence-electron chi connectivity index (χ0n) is 11.1. The summed E-state index contributed by atoms with van der Waals surface area (Å²) in [5.41, 5.74) is -0.922. The summed E-state index contributed by atoms with van der Waals surface area (Å²) in [6.07, 6.45) is -5.04. The van der Waals surface area contributed by atoms with Crippen LogP contribution in [0.4, 0.5) is 13.2 Å². The van der Waals surface area contributed by atoms with Gasteiger partial charge >= 0.3 is 6.18 Å². The van der Waals surface area contributed by atoms with Crippen LogP contribution in [0.2, 0.25) is 0 Å². The molecule has 2 rings (SSSR count). The van der Waals surface area contributed by atoms with Crippen molar-refractivity contribution >= 4 is 29.7 Å². The molecule has 5 nitrogen and oxygen atoms in total. The lowest BCUT2D eigenvalue weighted by Gasteiger charge is -2.26. The topological polar surface area (TPSA) is 54.5 Å². The number of carbonyl (C=O) groups excluding carboxylic acids is 1. The van der Waals surface area contributed by atoms with E-state index in [1.165, 1.54) is 11.9 Å². The Morgan fingerprint density at radius 1 is 1.62 bits per heavy atom. The Labute approximate surface area is 129 Å². The number of amides is 1. The first-order chi connectivity index (χ1) is 9.38. The van der Waals surface area contributed by atoms with Crippen LogP contribution >= 0.6 is 23.7 Å². The van der Waals surface area contributed by atoms with Gasteiger partial charge in [0.05, 0.1) is 13.2 Å². The Morgan fingerprint density at radius 3 is 2.86 bits per heavy atom. The molecule has 1 amide bonds. The number of halogens is 4. The molecule has 21 heavy (non-hydrogen) atoms.